The van der Waals surface area contributed by atoms with E-state index in [0.29, 0.717) is 32.1 Å². The minimum Gasteiger partial charge on any atom is -0.461 e. The van der Waals surface area contributed by atoms with E-state index in [1.54, 1.807) is 12.3 Å². The molecule has 31 heavy (non-hydrogen) atoms. The van der Waals surface area contributed by atoms with Gasteiger partial charge >= 0.3 is 5.97 Å². The fourth-order valence-corrected chi connectivity index (χ4v) is 4.20. The highest BCUT2D eigenvalue weighted by Crippen LogP contribution is 2.32. The van der Waals surface area contributed by atoms with Gasteiger partial charge in [0.2, 0.25) is 0 Å². The molecule has 0 aliphatic rings. The standard InChI is InChI=1S/C19H16F2N6O2S2/c1-4-29-17(28)13-7-30-18(23-13)24-15-8(2)9(3)16(27-26-15)25-19-22-12-5-10(20)11(21)6-14(12)31-19/h5-7H,4H2,1-3H3,(H,22,25,27)(H,23,24,26). The first-order valence-corrected chi connectivity index (χ1v) is 10.8. The Hall–Kier alpha value is -3.25. The van der Waals surface area contributed by atoms with Crippen molar-refractivity contribution in [2.45, 2.75) is 20.8 Å². The lowest BCUT2D eigenvalue weighted by atomic mass is 10.2. The maximum Gasteiger partial charge on any atom is 0.357 e. The average Bonchev–Trinajstić information content (AvgIpc) is 3.35. The number of aromatic nitrogens is 4. The number of esters is 1. The van der Waals surface area contributed by atoms with Crippen LogP contribution in [0.2, 0.25) is 0 Å². The third-order valence-corrected chi connectivity index (χ3v) is 6.08. The minimum absolute atomic E-state index is 0.221. The van der Waals surface area contributed by atoms with E-state index in [9.17, 15) is 13.6 Å². The number of carbonyl (C=O) groups excluding carboxylic acids is 1. The molecule has 0 saturated heterocycles. The third-order valence-electron chi connectivity index (χ3n) is 4.39. The lowest BCUT2D eigenvalue weighted by Crippen LogP contribution is -2.06. The van der Waals surface area contributed by atoms with Gasteiger partial charge < -0.3 is 15.4 Å². The molecule has 0 saturated carbocycles. The summed E-state index contributed by atoms with van der Waals surface area (Å²) in [6.45, 7) is 5.72. The number of thiazole rings is 2. The van der Waals surface area contributed by atoms with Gasteiger partial charge in [0, 0.05) is 22.6 Å². The molecule has 0 fully saturated rings. The average molecular weight is 463 g/mol. The highest BCUT2D eigenvalue weighted by Gasteiger charge is 2.16. The van der Waals surface area contributed by atoms with E-state index in [4.69, 9.17) is 4.74 Å². The van der Waals surface area contributed by atoms with Crippen molar-refractivity contribution in [1.29, 1.82) is 0 Å². The molecule has 160 valence electrons. The molecule has 3 aromatic heterocycles. The topological polar surface area (TPSA) is 102 Å². The van der Waals surface area contributed by atoms with E-state index < -0.39 is 17.6 Å². The normalized spacial score (nSPS) is 11.0. The number of hydrogen-bond acceptors (Lipinski definition) is 10. The molecule has 4 aromatic rings. The first kappa shape index (κ1) is 21.0. The summed E-state index contributed by atoms with van der Waals surface area (Å²) < 4.78 is 32.3. The van der Waals surface area contributed by atoms with Crippen molar-refractivity contribution in [3.05, 3.63) is 46.0 Å². The Labute approximate surface area is 183 Å². The Bertz CT molecular complexity index is 1250. The maximum atomic E-state index is 13.4. The van der Waals surface area contributed by atoms with Gasteiger partial charge in [-0.05, 0) is 26.8 Å². The van der Waals surface area contributed by atoms with Crippen LogP contribution in [0.1, 0.15) is 28.5 Å². The molecule has 0 radical (unpaired) electrons. The first-order chi connectivity index (χ1) is 14.9. The van der Waals surface area contributed by atoms with Crippen LogP contribution in [0, 0.1) is 25.5 Å². The number of rotatable bonds is 6. The van der Waals surface area contributed by atoms with Crippen LogP contribution in [-0.2, 0) is 4.74 Å². The molecular formula is C19H16F2N6O2S2. The van der Waals surface area contributed by atoms with Gasteiger partial charge in [-0.25, -0.2) is 23.5 Å². The monoisotopic (exact) mass is 462 g/mol. The number of benzene rings is 1. The second-order valence-corrected chi connectivity index (χ2v) is 8.30. The molecule has 0 aliphatic carbocycles. The van der Waals surface area contributed by atoms with Crippen molar-refractivity contribution in [2.75, 3.05) is 17.2 Å². The number of ether oxygens (including phenoxy) is 1. The summed E-state index contributed by atoms with van der Waals surface area (Å²) in [5.41, 5.74) is 2.19. The highest BCUT2D eigenvalue weighted by molar-refractivity contribution is 7.22. The van der Waals surface area contributed by atoms with Crippen LogP contribution in [0.15, 0.2) is 17.5 Å². The largest absolute Gasteiger partial charge is 0.461 e. The number of hydrogen-bond donors (Lipinski definition) is 2. The maximum absolute atomic E-state index is 13.4. The lowest BCUT2D eigenvalue weighted by Gasteiger charge is -2.11. The molecule has 0 atom stereocenters. The number of anilines is 4. The predicted octanol–water partition coefficient (Wildman–Crippen LogP) is 5.10. The highest BCUT2D eigenvalue weighted by atomic mass is 32.1. The number of fused-ring (bicyclic) bond motifs is 1. The van der Waals surface area contributed by atoms with Crippen LogP contribution in [0.25, 0.3) is 10.2 Å². The number of halogens is 2. The SMILES string of the molecule is CCOC(=O)c1csc(Nc2nnc(Nc3nc4cc(F)c(F)cc4s3)c(C)c2C)n1. The molecule has 1 aromatic carbocycles. The van der Waals surface area contributed by atoms with Crippen LogP contribution < -0.4 is 10.6 Å². The van der Waals surface area contributed by atoms with Crippen molar-refractivity contribution in [3.63, 3.8) is 0 Å². The molecule has 4 rings (SSSR count). The van der Waals surface area contributed by atoms with Gasteiger partial charge in [-0.15, -0.1) is 21.5 Å². The number of carbonyl (C=O) groups is 1. The van der Waals surface area contributed by atoms with Gasteiger partial charge in [0.05, 0.1) is 16.8 Å². The fraction of sp³-hybridized carbons (Fsp3) is 0.211. The van der Waals surface area contributed by atoms with Crippen LogP contribution in [0.4, 0.5) is 30.7 Å². The quantitative estimate of drug-likeness (QED) is 0.382. The van der Waals surface area contributed by atoms with Crippen molar-refractivity contribution in [1.82, 2.24) is 20.2 Å². The van der Waals surface area contributed by atoms with Gasteiger partial charge in [0.1, 0.15) is 0 Å². The fourth-order valence-electron chi connectivity index (χ4n) is 2.65. The van der Waals surface area contributed by atoms with Gasteiger partial charge in [-0.3, -0.25) is 0 Å². The molecule has 0 bridgehead atoms. The number of nitrogens with one attached hydrogen (secondary N) is 2. The van der Waals surface area contributed by atoms with Gasteiger partial charge in [0.25, 0.3) is 0 Å². The third kappa shape index (κ3) is 4.30. The van der Waals surface area contributed by atoms with Gasteiger partial charge in [-0.1, -0.05) is 11.3 Å². The summed E-state index contributed by atoms with van der Waals surface area (Å²) in [6.07, 6.45) is 0. The summed E-state index contributed by atoms with van der Waals surface area (Å²) in [5.74, 6) is -1.39. The van der Waals surface area contributed by atoms with Crippen LogP contribution in [0.5, 0.6) is 0 Å². The molecule has 2 N–H and O–H groups in total. The summed E-state index contributed by atoms with van der Waals surface area (Å²) in [6, 6.07) is 2.17. The Balaban J connectivity index is 1.54. The molecular weight excluding hydrogens is 446 g/mol. The number of nitrogens with zero attached hydrogens (tertiary/aromatic N) is 4. The Morgan fingerprint density at radius 3 is 2.35 bits per heavy atom. The van der Waals surface area contributed by atoms with E-state index >= 15 is 0 Å². The first-order valence-electron chi connectivity index (χ1n) is 9.12. The van der Waals surface area contributed by atoms with Crippen molar-refractivity contribution < 1.29 is 18.3 Å². The van der Waals surface area contributed by atoms with Crippen molar-refractivity contribution in [2.24, 2.45) is 0 Å². The second kappa shape index (κ2) is 8.47. The molecule has 8 nitrogen and oxygen atoms in total. The van der Waals surface area contributed by atoms with E-state index in [1.807, 2.05) is 13.8 Å². The Morgan fingerprint density at radius 1 is 1.03 bits per heavy atom. The zero-order valence-corrected chi connectivity index (χ0v) is 18.2. The van der Waals surface area contributed by atoms with Crippen molar-refractivity contribution >= 4 is 60.8 Å². The summed E-state index contributed by atoms with van der Waals surface area (Å²) >= 11 is 2.43. The zero-order chi connectivity index (χ0) is 22.1. The molecule has 3 heterocycles. The molecule has 0 spiro atoms. The molecule has 0 unspecified atom stereocenters. The minimum atomic E-state index is -0.945. The molecule has 0 amide bonds. The summed E-state index contributed by atoms with van der Waals surface area (Å²) in [7, 11) is 0. The van der Waals surface area contributed by atoms with Crippen LogP contribution in [-0.4, -0.2) is 32.7 Å². The predicted molar refractivity (Wildman–Crippen MR) is 116 cm³/mol. The second-order valence-electron chi connectivity index (χ2n) is 6.41. The van der Waals surface area contributed by atoms with Crippen LogP contribution >= 0.6 is 22.7 Å². The van der Waals surface area contributed by atoms with Gasteiger partial charge in [-0.2, -0.15) is 0 Å². The van der Waals surface area contributed by atoms with E-state index in [0.717, 1.165) is 23.3 Å². The Kier molecular flexibility index (Phi) is 5.74. The lowest BCUT2D eigenvalue weighted by molar-refractivity contribution is 0.0520. The molecule has 12 heteroatoms. The van der Waals surface area contributed by atoms with E-state index in [2.05, 4.69) is 30.8 Å². The van der Waals surface area contributed by atoms with Crippen molar-refractivity contribution in [3.8, 4) is 0 Å². The van der Waals surface area contributed by atoms with Gasteiger partial charge in [0.15, 0.2) is 39.2 Å². The molecule has 0 aliphatic heterocycles. The summed E-state index contributed by atoms with van der Waals surface area (Å²) in [4.78, 5) is 20.2. The smallest absolute Gasteiger partial charge is 0.357 e. The van der Waals surface area contributed by atoms with Crippen LogP contribution in [0.3, 0.4) is 0 Å². The Morgan fingerprint density at radius 2 is 1.68 bits per heavy atom. The summed E-state index contributed by atoms with van der Waals surface area (Å²) in [5, 5.41) is 17.0. The van der Waals surface area contributed by atoms with E-state index in [-0.39, 0.29) is 12.3 Å². The van der Waals surface area contributed by atoms with E-state index in [1.165, 1.54) is 22.7 Å². The zero-order valence-electron chi connectivity index (χ0n) is 16.6.